The molecule has 0 aliphatic carbocycles. The molecule has 112 valence electrons. The van der Waals surface area contributed by atoms with Crippen molar-refractivity contribution in [2.24, 2.45) is 7.05 Å². The molecule has 0 spiro atoms. The van der Waals surface area contributed by atoms with Crippen molar-refractivity contribution >= 4 is 11.6 Å². The smallest absolute Gasteiger partial charge is 0.259 e. The Hall–Kier alpha value is -2.30. The summed E-state index contributed by atoms with van der Waals surface area (Å²) in [6.07, 6.45) is 0.0462. The molecular formula is C16H21N3O2. The lowest BCUT2D eigenvalue weighted by atomic mass is 10.1. The first-order valence-corrected chi connectivity index (χ1v) is 6.97. The van der Waals surface area contributed by atoms with Crippen molar-refractivity contribution in [2.45, 2.75) is 33.8 Å². The van der Waals surface area contributed by atoms with Crippen LogP contribution in [0.5, 0.6) is 5.75 Å². The molecule has 0 aliphatic heterocycles. The van der Waals surface area contributed by atoms with E-state index in [1.165, 1.54) is 0 Å². The van der Waals surface area contributed by atoms with Gasteiger partial charge >= 0.3 is 0 Å². The van der Waals surface area contributed by atoms with Crippen LogP contribution >= 0.6 is 0 Å². The topological polar surface area (TPSA) is 56.2 Å². The molecule has 1 N–H and O–H groups in total. The predicted molar refractivity (Wildman–Crippen MR) is 82.8 cm³/mol. The molecule has 1 heterocycles. The summed E-state index contributed by atoms with van der Waals surface area (Å²) in [6.45, 7) is 7.62. The highest BCUT2D eigenvalue weighted by molar-refractivity contribution is 6.06. The predicted octanol–water partition coefficient (Wildman–Crippen LogP) is 3.08. The molecule has 5 nitrogen and oxygen atoms in total. The van der Waals surface area contributed by atoms with Crippen LogP contribution in [0.25, 0.3) is 0 Å². The molecule has 5 heteroatoms. The Balaban J connectivity index is 2.28. The summed E-state index contributed by atoms with van der Waals surface area (Å²) in [5.41, 5.74) is 2.83. The summed E-state index contributed by atoms with van der Waals surface area (Å²) in [5, 5.41) is 7.18. The quantitative estimate of drug-likeness (QED) is 0.940. The summed E-state index contributed by atoms with van der Waals surface area (Å²) in [5.74, 6) is 0.498. The first-order chi connectivity index (χ1) is 9.90. The summed E-state index contributed by atoms with van der Waals surface area (Å²) >= 11 is 0. The normalized spacial score (nSPS) is 10.8. The number of aryl methyl sites for hydroxylation is 2. The molecule has 2 rings (SSSR count). The Morgan fingerprint density at radius 2 is 1.95 bits per heavy atom. The average Bonchev–Trinajstić information content (AvgIpc) is 2.65. The van der Waals surface area contributed by atoms with Crippen molar-refractivity contribution < 1.29 is 9.53 Å². The third kappa shape index (κ3) is 3.24. The zero-order chi connectivity index (χ0) is 15.6. The molecule has 21 heavy (non-hydrogen) atoms. The Morgan fingerprint density at radius 1 is 1.29 bits per heavy atom. The number of ether oxygens (including phenoxy) is 1. The zero-order valence-corrected chi connectivity index (χ0v) is 13.1. The molecule has 0 atom stereocenters. The van der Waals surface area contributed by atoms with E-state index in [0.717, 1.165) is 11.4 Å². The van der Waals surface area contributed by atoms with Crippen LogP contribution < -0.4 is 10.1 Å². The van der Waals surface area contributed by atoms with Gasteiger partial charge in [-0.3, -0.25) is 9.48 Å². The molecule has 2 aromatic rings. The maximum atomic E-state index is 12.5. The van der Waals surface area contributed by atoms with Crippen LogP contribution in [0.15, 0.2) is 24.3 Å². The number of benzene rings is 1. The maximum Gasteiger partial charge on any atom is 0.259 e. The molecule has 0 bridgehead atoms. The summed E-state index contributed by atoms with van der Waals surface area (Å²) in [6, 6.07) is 7.43. The monoisotopic (exact) mass is 287 g/mol. The number of amides is 1. The van der Waals surface area contributed by atoms with Crippen LogP contribution in [0.3, 0.4) is 0 Å². The molecule has 1 aromatic carbocycles. The Morgan fingerprint density at radius 3 is 2.52 bits per heavy atom. The van der Waals surface area contributed by atoms with Gasteiger partial charge in [0.1, 0.15) is 5.75 Å². The lowest BCUT2D eigenvalue weighted by Crippen LogP contribution is -2.16. The number of hydrogen-bond acceptors (Lipinski definition) is 3. The second-order valence-corrected chi connectivity index (χ2v) is 5.29. The van der Waals surface area contributed by atoms with Gasteiger partial charge in [0.15, 0.2) is 0 Å². The highest BCUT2D eigenvalue weighted by Gasteiger charge is 2.18. The number of nitrogens with one attached hydrogen (secondary N) is 1. The van der Waals surface area contributed by atoms with Crippen LogP contribution in [-0.2, 0) is 7.05 Å². The van der Waals surface area contributed by atoms with Gasteiger partial charge in [0.2, 0.25) is 0 Å². The van der Waals surface area contributed by atoms with E-state index in [1.807, 2.05) is 59.0 Å². The molecule has 1 amide bonds. The second-order valence-electron chi connectivity index (χ2n) is 5.29. The third-order valence-electron chi connectivity index (χ3n) is 3.23. The SMILES string of the molecule is Cc1nn(C)c(C)c1C(=O)Nc1ccccc1OC(C)C. The Kier molecular flexibility index (Phi) is 4.31. The molecule has 1 aromatic heterocycles. The van der Waals surface area contributed by atoms with Crippen LogP contribution in [0.4, 0.5) is 5.69 Å². The van der Waals surface area contributed by atoms with Gasteiger partial charge in [-0.15, -0.1) is 0 Å². The van der Waals surface area contributed by atoms with Crippen LogP contribution in [-0.4, -0.2) is 21.8 Å². The number of carbonyl (C=O) groups excluding carboxylic acids is 1. The second kappa shape index (κ2) is 5.99. The van der Waals surface area contributed by atoms with Crippen LogP contribution in [0.1, 0.15) is 35.6 Å². The van der Waals surface area contributed by atoms with Crippen LogP contribution in [0.2, 0.25) is 0 Å². The molecular weight excluding hydrogens is 266 g/mol. The summed E-state index contributed by atoms with van der Waals surface area (Å²) in [7, 11) is 1.83. The number of anilines is 1. The largest absolute Gasteiger partial charge is 0.489 e. The molecule has 0 unspecified atom stereocenters. The minimum absolute atomic E-state index is 0.0462. The fourth-order valence-corrected chi connectivity index (χ4v) is 2.21. The van der Waals surface area contributed by atoms with E-state index in [1.54, 1.807) is 4.68 Å². The number of hydrogen-bond donors (Lipinski definition) is 1. The molecule has 0 radical (unpaired) electrons. The van der Waals surface area contributed by atoms with Gasteiger partial charge in [-0.05, 0) is 39.8 Å². The van der Waals surface area contributed by atoms with E-state index in [0.29, 0.717) is 17.0 Å². The van der Waals surface area contributed by atoms with Crippen molar-refractivity contribution in [1.29, 1.82) is 0 Å². The van der Waals surface area contributed by atoms with E-state index >= 15 is 0 Å². The van der Waals surface area contributed by atoms with Crippen molar-refractivity contribution in [2.75, 3.05) is 5.32 Å². The Labute approximate surface area is 124 Å². The fraction of sp³-hybridized carbons (Fsp3) is 0.375. The third-order valence-corrected chi connectivity index (χ3v) is 3.23. The molecule has 0 saturated carbocycles. The highest BCUT2D eigenvalue weighted by atomic mass is 16.5. The summed E-state index contributed by atoms with van der Waals surface area (Å²) < 4.78 is 7.42. The van der Waals surface area contributed by atoms with E-state index in [9.17, 15) is 4.79 Å². The van der Waals surface area contributed by atoms with Crippen molar-refractivity contribution in [3.8, 4) is 5.75 Å². The van der Waals surface area contributed by atoms with Gasteiger partial charge in [-0.25, -0.2) is 0 Å². The minimum atomic E-state index is -0.169. The van der Waals surface area contributed by atoms with Gasteiger partial charge in [0.05, 0.1) is 23.0 Å². The van der Waals surface area contributed by atoms with Gasteiger partial charge in [-0.1, -0.05) is 12.1 Å². The van der Waals surface area contributed by atoms with E-state index in [2.05, 4.69) is 10.4 Å². The number of carbonyl (C=O) groups is 1. The minimum Gasteiger partial charge on any atom is -0.489 e. The standard InChI is InChI=1S/C16H21N3O2/c1-10(2)21-14-9-7-6-8-13(14)17-16(20)15-11(3)18-19(5)12(15)4/h6-10H,1-5H3,(H,17,20). The van der Waals surface area contributed by atoms with E-state index < -0.39 is 0 Å². The molecule has 0 fully saturated rings. The summed E-state index contributed by atoms with van der Waals surface area (Å²) in [4.78, 5) is 12.5. The first kappa shape index (κ1) is 15.1. The van der Waals surface area contributed by atoms with E-state index in [4.69, 9.17) is 4.74 Å². The number of nitrogens with zero attached hydrogens (tertiary/aromatic N) is 2. The number of rotatable bonds is 4. The molecule has 0 saturated heterocycles. The van der Waals surface area contributed by atoms with Gasteiger partial charge in [-0.2, -0.15) is 5.10 Å². The fourth-order valence-electron chi connectivity index (χ4n) is 2.21. The average molecular weight is 287 g/mol. The maximum absolute atomic E-state index is 12.5. The zero-order valence-electron chi connectivity index (χ0n) is 13.1. The number of aromatic nitrogens is 2. The van der Waals surface area contributed by atoms with Gasteiger partial charge in [0, 0.05) is 12.7 Å². The molecule has 0 aliphatic rings. The van der Waals surface area contributed by atoms with Crippen molar-refractivity contribution in [1.82, 2.24) is 9.78 Å². The van der Waals surface area contributed by atoms with Crippen LogP contribution in [0, 0.1) is 13.8 Å². The van der Waals surface area contributed by atoms with E-state index in [-0.39, 0.29) is 12.0 Å². The van der Waals surface area contributed by atoms with Crippen molar-refractivity contribution in [3.63, 3.8) is 0 Å². The van der Waals surface area contributed by atoms with Gasteiger partial charge in [0.25, 0.3) is 5.91 Å². The number of para-hydroxylation sites is 2. The highest BCUT2D eigenvalue weighted by Crippen LogP contribution is 2.26. The lowest BCUT2D eigenvalue weighted by molar-refractivity contribution is 0.102. The first-order valence-electron chi connectivity index (χ1n) is 6.97. The Bertz CT molecular complexity index is 660. The van der Waals surface area contributed by atoms with Gasteiger partial charge < -0.3 is 10.1 Å². The lowest BCUT2D eigenvalue weighted by Gasteiger charge is -2.14. The van der Waals surface area contributed by atoms with Crippen molar-refractivity contribution in [3.05, 3.63) is 41.2 Å².